The molecule has 3 heteroatoms. The molecule has 0 saturated heterocycles. The molecule has 2 N–H and O–H groups in total. The summed E-state index contributed by atoms with van der Waals surface area (Å²) < 4.78 is 5.15. The first kappa shape index (κ1) is 14.0. The Morgan fingerprint density at radius 1 is 1.24 bits per heavy atom. The Morgan fingerprint density at radius 3 is 2.41 bits per heavy atom. The predicted octanol–water partition coefficient (Wildman–Crippen LogP) is 2.16. The van der Waals surface area contributed by atoms with E-state index in [1.54, 1.807) is 7.11 Å². The lowest BCUT2D eigenvalue weighted by Crippen LogP contribution is -2.32. The van der Waals surface area contributed by atoms with Crippen molar-refractivity contribution in [2.45, 2.75) is 32.2 Å². The third kappa shape index (κ3) is 4.36. The van der Waals surface area contributed by atoms with Gasteiger partial charge in [-0.1, -0.05) is 19.1 Å². The maximum atomic E-state index is 8.74. The van der Waals surface area contributed by atoms with Crippen molar-refractivity contribution in [3.8, 4) is 5.75 Å². The molecule has 0 aliphatic carbocycles. The summed E-state index contributed by atoms with van der Waals surface area (Å²) in [7, 11) is 1.68. The van der Waals surface area contributed by atoms with Crippen LogP contribution in [0.25, 0.3) is 0 Å². The number of hydrogen-bond acceptors (Lipinski definition) is 3. The number of aliphatic hydroxyl groups is 1. The van der Waals surface area contributed by atoms with Crippen molar-refractivity contribution >= 4 is 0 Å². The van der Waals surface area contributed by atoms with Crippen LogP contribution in [-0.2, 0) is 0 Å². The van der Waals surface area contributed by atoms with E-state index in [0.717, 1.165) is 18.7 Å². The van der Waals surface area contributed by atoms with Crippen LogP contribution >= 0.6 is 0 Å². The van der Waals surface area contributed by atoms with E-state index in [2.05, 4.69) is 31.3 Å². The van der Waals surface area contributed by atoms with Crippen LogP contribution in [-0.4, -0.2) is 31.4 Å². The smallest absolute Gasteiger partial charge is 0.118 e. The summed E-state index contributed by atoms with van der Waals surface area (Å²) in [6.45, 7) is 5.49. The Kier molecular flexibility index (Phi) is 6.01. The minimum absolute atomic E-state index is 0.247. The van der Waals surface area contributed by atoms with Gasteiger partial charge in [0.25, 0.3) is 0 Å². The predicted molar refractivity (Wildman–Crippen MR) is 70.6 cm³/mol. The van der Waals surface area contributed by atoms with Gasteiger partial charge in [-0.15, -0.1) is 0 Å². The average Bonchev–Trinajstić information content (AvgIpc) is 2.38. The third-order valence-corrected chi connectivity index (χ3v) is 3.19. The van der Waals surface area contributed by atoms with Gasteiger partial charge in [-0.3, -0.25) is 0 Å². The Balaban J connectivity index is 2.52. The molecular formula is C14H23NO2. The van der Waals surface area contributed by atoms with E-state index in [4.69, 9.17) is 9.84 Å². The van der Waals surface area contributed by atoms with Crippen molar-refractivity contribution in [2.24, 2.45) is 0 Å². The van der Waals surface area contributed by atoms with Gasteiger partial charge in [0, 0.05) is 12.6 Å². The van der Waals surface area contributed by atoms with E-state index >= 15 is 0 Å². The fraction of sp³-hybridized carbons (Fsp3) is 0.571. The molecule has 96 valence electrons. The number of ether oxygens (including phenoxy) is 1. The molecule has 1 aromatic rings. The van der Waals surface area contributed by atoms with Crippen molar-refractivity contribution in [3.63, 3.8) is 0 Å². The fourth-order valence-electron chi connectivity index (χ4n) is 1.78. The Bertz CT molecular complexity index is 311. The first-order valence-corrected chi connectivity index (χ1v) is 6.17. The molecule has 0 aromatic heterocycles. The number of hydrogen-bond donors (Lipinski definition) is 2. The van der Waals surface area contributed by atoms with E-state index in [0.29, 0.717) is 12.0 Å². The average molecular weight is 237 g/mol. The number of methoxy groups -OCH3 is 1. The molecule has 17 heavy (non-hydrogen) atoms. The van der Waals surface area contributed by atoms with E-state index in [1.165, 1.54) is 5.56 Å². The molecule has 0 saturated carbocycles. The summed E-state index contributed by atoms with van der Waals surface area (Å²) in [5.74, 6) is 1.33. The maximum absolute atomic E-state index is 8.74. The van der Waals surface area contributed by atoms with Gasteiger partial charge in [0.1, 0.15) is 5.75 Å². The van der Waals surface area contributed by atoms with Gasteiger partial charge >= 0.3 is 0 Å². The number of aliphatic hydroxyl groups excluding tert-OH is 1. The highest BCUT2D eigenvalue weighted by atomic mass is 16.5. The molecule has 0 bridgehead atoms. The highest BCUT2D eigenvalue weighted by molar-refractivity contribution is 5.29. The molecule has 0 spiro atoms. The van der Waals surface area contributed by atoms with Crippen LogP contribution in [0.2, 0.25) is 0 Å². The Labute approximate surface area is 104 Å². The number of benzene rings is 1. The number of nitrogens with one attached hydrogen (secondary N) is 1. The van der Waals surface area contributed by atoms with Gasteiger partial charge in [0.15, 0.2) is 0 Å². The fourth-order valence-corrected chi connectivity index (χ4v) is 1.78. The lowest BCUT2D eigenvalue weighted by Gasteiger charge is -2.21. The molecule has 0 aliphatic rings. The highest BCUT2D eigenvalue weighted by Crippen LogP contribution is 2.21. The molecule has 3 nitrogen and oxygen atoms in total. The van der Waals surface area contributed by atoms with Gasteiger partial charge < -0.3 is 15.2 Å². The quantitative estimate of drug-likeness (QED) is 0.714. The Morgan fingerprint density at radius 2 is 1.88 bits per heavy atom. The van der Waals surface area contributed by atoms with Gasteiger partial charge in [-0.2, -0.15) is 0 Å². The topological polar surface area (TPSA) is 41.5 Å². The first-order valence-electron chi connectivity index (χ1n) is 6.17. The molecule has 0 amide bonds. The summed E-state index contributed by atoms with van der Waals surface area (Å²) in [5, 5.41) is 12.2. The van der Waals surface area contributed by atoms with Crippen LogP contribution < -0.4 is 10.1 Å². The maximum Gasteiger partial charge on any atom is 0.118 e. The minimum Gasteiger partial charge on any atom is -0.497 e. The third-order valence-electron chi connectivity index (χ3n) is 3.19. The summed E-state index contributed by atoms with van der Waals surface area (Å²) in [4.78, 5) is 0. The van der Waals surface area contributed by atoms with Crippen LogP contribution in [0.5, 0.6) is 5.75 Å². The summed E-state index contributed by atoms with van der Waals surface area (Å²) in [6, 6.07) is 8.59. The molecule has 1 aromatic carbocycles. The zero-order chi connectivity index (χ0) is 12.7. The molecule has 2 atom stereocenters. The summed E-state index contributed by atoms with van der Waals surface area (Å²) >= 11 is 0. The monoisotopic (exact) mass is 237 g/mol. The normalized spacial score (nSPS) is 14.4. The van der Waals surface area contributed by atoms with Crippen molar-refractivity contribution < 1.29 is 9.84 Å². The van der Waals surface area contributed by atoms with Crippen LogP contribution in [0.1, 0.15) is 31.7 Å². The van der Waals surface area contributed by atoms with Crippen molar-refractivity contribution in [1.29, 1.82) is 0 Å². The standard InChI is InChI=1S/C14H23NO2/c1-11(12(2)15-9-4-10-16)13-5-7-14(17-3)8-6-13/h5-8,11-12,15-16H,4,9-10H2,1-3H3. The van der Waals surface area contributed by atoms with Gasteiger partial charge in [0.05, 0.1) is 7.11 Å². The van der Waals surface area contributed by atoms with Crippen molar-refractivity contribution in [2.75, 3.05) is 20.3 Å². The highest BCUT2D eigenvalue weighted by Gasteiger charge is 2.13. The van der Waals surface area contributed by atoms with Crippen LogP contribution in [0, 0.1) is 0 Å². The SMILES string of the molecule is COc1ccc(C(C)C(C)NCCCO)cc1. The molecule has 0 radical (unpaired) electrons. The first-order chi connectivity index (χ1) is 8.19. The summed E-state index contributed by atoms with van der Waals surface area (Å²) in [5.41, 5.74) is 1.30. The van der Waals surface area contributed by atoms with Crippen LogP contribution in [0.15, 0.2) is 24.3 Å². The van der Waals surface area contributed by atoms with E-state index in [9.17, 15) is 0 Å². The van der Waals surface area contributed by atoms with Crippen molar-refractivity contribution in [1.82, 2.24) is 5.32 Å². The van der Waals surface area contributed by atoms with Crippen molar-refractivity contribution in [3.05, 3.63) is 29.8 Å². The molecule has 1 rings (SSSR count). The Hall–Kier alpha value is -1.06. The second-order valence-electron chi connectivity index (χ2n) is 4.38. The largest absolute Gasteiger partial charge is 0.497 e. The molecular weight excluding hydrogens is 214 g/mol. The minimum atomic E-state index is 0.247. The second-order valence-corrected chi connectivity index (χ2v) is 4.38. The van der Waals surface area contributed by atoms with Gasteiger partial charge in [0.2, 0.25) is 0 Å². The molecule has 2 unspecified atom stereocenters. The van der Waals surface area contributed by atoms with Crippen LogP contribution in [0.3, 0.4) is 0 Å². The molecule has 0 fully saturated rings. The van der Waals surface area contributed by atoms with E-state index in [-0.39, 0.29) is 6.61 Å². The van der Waals surface area contributed by atoms with E-state index < -0.39 is 0 Å². The second kappa shape index (κ2) is 7.30. The number of rotatable bonds is 7. The van der Waals surface area contributed by atoms with Gasteiger partial charge in [-0.05, 0) is 43.5 Å². The molecule has 0 aliphatic heterocycles. The summed E-state index contributed by atoms with van der Waals surface area (Å²) in [6.07, 6.45) is 0.805. The zero-order valence-corrected chi connectivity index (χ0v) is 10.9. The van der Waals surface area contributed by atoms with Gasteiger partial charge in [-0.25, -0.2) is 0 Å². The zero-order valence-electron chi connectivity index (χ0n) is 10.9. The van der Waals surface area contributed by atoms with E-state index in [1.807, 2.05) is 12.1 Å². The van der Waals surface area contributed by atoms with Crippen LogP contribution in [0.4, 0.5) is 0 Å². The lowest BCUT2D eigenvalue weighted by molar-refractivity contribution is 0.282. The lowest BCUT2D eigenvalue weighted by atomic mass is 9.94. The molecule has 0 heterocycles.